The molecule has 2 aliphatic heterocycles. The molecule has 0 unspecified atom stereocenters. The normalized spacial score (nSPS) is 23.7. The Morgan fingerprint density at radius 1 is 1.14 bits per heavy atom. The fourth-order valence-corrected chi connectivity index (χ4v) is 4.16. The molecule has 152 valence electrons. The molecule has 0 radical (unpaired) electrons. The van der Waals surface area contributed by atoms with E-state index in [2.05, 4.69) is 0 Å². The summed E-state index contributed by atoms with van der Waals surface area (Å²) in [5.41, 5.74) is 5.71. The fourth-order valence-electron chi connectivity index (χ4n) is 4.16. The smallest absolute Gasteiger partial charge is 0.249 e. The second-order valence-corrected chi connectivity index (χ2v) is 7.16. The topological polar surface area (TPSA) is 102 Å². The van der Waals surface area contributed by atoms with E-state index in [4.69, 9.17) is 15.2 Å². The molecule has 2 saturated heterocycles. The van der Waals surface area contributed by atoms with Gasteiger partial charge in [-0.25, -0.2) is 4.39 Å². The summed E-state index contributed by atoms with van der Waals surface area (Å²) in [5, 5.41) is 0. The van der Waals surface area contributed by atoms with Crippen LogP contribution < -0.4 is 5.73 Å². The summed E-state index contributed by atoms with van der Waals surface area (Å²) < 4.78 is 23.8. The van der Waals surface area contributed by atoms with Crippen LogP contribution in [0.25, 0.3) is 0 Å². The number of carbonyl (C=O) groups excluding carboxylic acids is 3. The number of rotatable bonds is 7. The number of hydrogen-bond acceptors (Lipinski definition) is 5. The van der Waals surface area contributed by atoms with Crippen LogP contribution in [0.4, 0.5) is 4.39 Å². The molecular formula is C19H24FN3O5. The third kappa shape index (κ3) is 4.31. The molecule has 2 N–H and O–H groups in total. The molecule has 1 aromatic rings. The summed E-state index contributed by atoms with van der Waals surface area (Å²) in [6.07, 6.45) is 0. The Hall–Kier alpha value is -2.52. The number of ether oxygens (including phenoxy) is 2. The lowest BCUT2D eigenvalue weighted by Crippen LogP contribution is -2.40. The van der Waals surface area contributed by atoms with Gasteiger partial charge in [-0.05, 0) is 17.7 Å². The van der Waals surface area contributed by atoms with Crippen LogP contribution in [0.5, 0.6) is 0 Å². The molecule has 0 spiro atoms. The number of nitrogens with two attached hydrogens (primary N) is 1. The van der Waals surface area contributed by atoms with E-state index >= 15 is 0 Å². The Morgan fingerprint density at radius 3 is 2.61 bits per heavy atom. The van der Waals surface area contributed by atoms with Crippen molar-refractivity contribution in [2.24, 2.45) is 17.6 Å². The molecule has 9 heteroatoms. The molecule has 1 aromatic carbocycles. The summed E-state index contributed by atoms with van der Waals surface area (Å²) >= 11 is 0. The molecule has 2 fully saturated rings. The number of primary amides is 1. The monoisotopic (exact) mass is 393 g/mol. The van der Waals surface area contributed by atoms with E-state index in [1.54, 1.807) is 21.9 Å². The Kier molecular flexibility index (Phi) is 6.25. The number of methoxy groups -OCH3 is 1. The van der Waals surface area contributed by atoms with Crippen LogP contribution in [-0.2, 0) is 23.9 Å². The lowest BCUT2D eigenvalue weighted by atomic mass is 9.89. The third-order valence-electron chi connectivity index (χ3n) is 5.27. The first-order valence-electron chi connectivity index (χ1n) is 9.08. The lowest BCUT2D eigenvalue weighted by Gasteiger charge is -2.30. The van der Waals surface area contributed by atoms with Gasteiger partial charge in [0.1, 0.15) is 25.6 Å². The maximum atomic E-state index is 13.8. The Bertz CT molecular complexity index is 759. The Labute approximate surface area is 162 Å². The van der Waals surface area contributed by atoms with Gasteiger partial charge in [-0.2, -0.15) is 0 Å². The zero-order valence-electron chi connectivity index (χ0n) is 15.7. The summed E-state index contributed by atoms with van der Waals surface area (Å²) in [6.45, 7) is 0.805. The quantitative estimate of drug-likeness (QED) is 0.699. The number of likely N-dealkylation sites (tertiary alicyclic amines) is 2. The van der Waals surface area contributed by atoms with Crippen molar-refractivity contribution in [1.29, 1.82) is 0 Å². The molecule has 2 aliphatic rings. The van der Waals surface area contributed by atoms with Crippen LogP contribution in [0.2, 0.25) is 0 Å². The number of halogens is 1. The molecule has 2 heterocycles. The van der Waals surface area contributed by atoms with Crippen LogP contribution >= 0.6 is 0 Å². The standard InChI is InChI=1S/C19H24FN3O5/c1-27-10-18(26)23-7-13-6-22(17(25)11-28-9-16(21)24)8-15(13)19(23)12-3-2-4-14(20)5-12/h2-5,13,15,19H,6-11H2,1H3,(H2,21,24)/t13-,15-,19+/m1/s1. The number of carbonyl (C=O) groups is 3. The number of benzene rings is 1. The molecule has 0 aliphatic carbocycles. The zero-order chi connectivity index (χ0) is 20.3. The highest BCUT2D eigenvalue weighted by atomic mass is 19.1. The van der Waals surface area contributed by atoms with Gasteiger partial charge in [0.15, 0.2) is 0 Å². The van der Waals surface area contributed by atoms with Crippen molar-refractivity contribution in [3.05, 3.63) is 35.6 Å². The SMILES string of the molecule is COCC(=O)N1C[C@H]2CN(C(=O)COCC(N)=O)C[C@H]2[C@@H]1c1cccc(F)c1. The van der Waals surface area contributed by atoms with E-state index in [9.17, 15) is 18.8 Å². The number of fused-ring (bicyclic) bond motifs is 1. The van der Waals surface area contributed by atoms with Crippen molar-refractivity contribution < 1.29 is 28.2 Å². The predicted molar refractivity (Wildman–Crippen MR) is 96.3 cm³/mol. The van der Waals surface area contributed by atoms with Gasteiger partial charge in [-0.15, -0.1) is 0 Å². The van der Waals surface area contributed by atoms with Crippen molar-refractivity contribution in [2.45, 2.75) is 6.04 Å². The highest BCUT2D eigenvalue weighted by Gasteiger charge is 2.49. The minimum absolute atomic E-state index is 0.0114. The van der Waals surface area contributed by atoms with E-state index < -0.39 is 5.91 Å². The van der Waals surface area contributed by atoms with Crippen molar-refractivity contribution in [3.63, 3.8) is 0 Å². The molecule has 28 heavy (non-hydrogen) atoms. The molecule has 0 saturated carbocycles. The Morgan fingerprint density at radius 2 is 1.93 bits per heavy atom. The van der Waals surface area contributed by atoms with Crippen molar-refractivity contribution in [3.8, 4) is 0 Å². The van der Waals surface area contributed by atoms with Gasteiger partial charge >= 0.3 is 0 Å². The van der Waals surface area contributed by atoms with Crippen LogP contribution in [0.1, 0.15) is 11.6 Å². The number of hydrogen-bond donors (Lipinski definition) is 1. The van der Waals surface area contributed by atoms with Crippen LogP contribution in [-0.4, -0.2) is 74.1 Å². The summed E-state index contributed by atoms with van der Waals surface area (Å²) in [5.74, 6) is -1.33. The highest BCUT2D eigenvalue weighted by molar-refractivity contribution is 5.80. The molecule has 8 nitrogen and oxygen atoms in total. The lowest BCUT2D eigenvalue weighted by molar-refractivity contribution is -0.138. The van der Waals surface area contributed by atoms with Gasteiger partial charge in [0.2, 0.25) is 17.7 Å². The second-order valence-electron chi connectivity index (χ2n) is 7.16. The fraction of sp³-hybridized carbons (Fsp3) is 0.526. The van der Waals surface area contributed by atoms with Crippen molar-refractivity contribution >= 4 is 17.7 Å². The largest absolute Gasteiger partial charge is 0.375 e. The van der Waals surface area contributed by atoms with Gasteiger partial charge in [0.05, 0.1) is 6.04 Å². The van der Waals surface area contributed by atoms with Gasteiger partial charge in [0, 0.05) is 38.6 Å². The summed E-state index contributed by atoms with van der Waals surface area (Å²) in [7, 11) is 1.46. The maximum absolute atomic E-state index is 13.8. The van der Waals surface area contributed by atoms with Crippen molar-refractivity contribution in [2.75, 3.05) is 46.6 Å². The summed E-state index contributed by atoms with van der Waals surface area (Å²) in [4.78, 5) is 39.0. The van der Waals surface area contributed by atoms with Crippen molar-refractivity contribution in [1.82, 2.24) is 9.80 Å². The van der Waals surface area contributed by atoms with E-state index in [0.717, 1.165) is 0 Å². The third-order valence-corrected chi connectivity index (χ3v) is 5.27. The molecule has 3 rings (SSSR count). The Balaban J connectivity index is 1.75. The highest BCUT2D eigenvalue weighted by Crippen LogP contribution is 2.45. The average molecular weight is 393 g/mol. The van der Waals surface area contributed by atoms with E-state index in [1.165, 1.54) is 19.2 Å². The molecule has 0 aromatic heterocycles. The first kappa shape index (κ1) is 20.2. The molecule has 3 amide bonds. The number of nitrogens with zero attached hydrogens (tertiary/aromatic N) is 2. The van der Waals surface area contributed by atoms with Crippen LogP contribution in [0, 0.1) is 17.7 Å². The van der Waals surface area contributed by atoms with Crippen LogP contribution in [0.3, 0.4) is 0 Å². The minimum atomic E-state index is -0.635. The van der Waals surface area contributed by atoms with Gasteiger partial charge in [-0.1, -0.05) is 12.1 Å². The van der Waals surface area contributed by atoms with Gasteiger partial charge in [0.25, 0.3) is 0 Å². The van der Waals surface area contributed by atoms with Crippen LogP contribution in [0.15, 0.2) is 24.3 Å². The summed E-state index contributed by atoms with van der Waals surface area (Å²) in [6, 6.07) is 5.88. The first-order chi connectivity index (χ1) is 13.4. The van der Waals surface area contributed by atoms with E-state index in [-0.39, 0.29) is 55.3 Å². The first-order valence-corrected chi connectivity index (χ1v) is 9.08. The average Bonchev–Trinajstić information content (AvgIpc) is 3.19. The van der Waals surface area contributed by atoms with E-state index in [1.807, 2.05) is 0 Å². The maximum Gasteiger partial charge on any atom is 0.249 e. The molecular weight excluding hydrogens is 369 g/mol. The zero-order valence-corrected chi connectivity index (χ0v) is 15.7. The second kappa shape index (κ2) is 8.66. The van der Waals surface area contributed by atoms with Gasteiger partial charge < -0.3 is 25.0 Å². The molecule has 0 bridgehead atoms. The minimum Gasteiger partial charge on any atom is -0.375 e. The van der Waals surface area contributed by atoms with Gasteiger partial charge in [-0.3, -0.25) is 14.4 Å². The predicted octanol–water partition coefficient (Wildman–Crippen LogP) is -0.0681. The van der Waals surface area contributed by atoms with E-state index in [0.29, 0.717) is 25.2 Å². The molecule has 3 atom stereocenters. The number of amides is 3.